The number of carbonyl (C=O) groups excluding carboxylic acids is 1. The summed E-state index contributed by atoms with van der Waals surface area (Å²) in [6, 6.07) is 13.2. The summed E-state index contributed by atoms with van der Waals surface area (Å²) in [7, 11) is 0. The average molecular weight is 316 g/mol. The molecular weight excluding hydrogens is 296 g/mol. The van der Waals surface area contributed by atoms with E-state index in [9.17, 15) is 4.79 Å². The van der Waals surface area contributed by atoms with Crippen molar-refractivity contribution >= 4 is 23.5 Å². The highest BCUT2D eigenvalue weighted by Gasteiger charge is 2.03. The van der Waals surface area contributed by atoms with Crippen molar-refractivity contribution in [2.75, 3.05) is 18.3 Å². The van der Waals surface area contributed by atoms with Crippen LogP contribution in [0.3, 0.4) is 0 Å². The van der Waals surface area contributed by atoms with Gasteiger partial charge < -0.3 is 15.4 Å². The Morgan fingerprint density at radius 2 is 1.95 bits per heavy atom. The van der Waals surface area contributed by atoms with Crippen LogP contribution in [0.1, 0.15) is 11.1 Å². The molecule has 2 N–H and O–H groups in total. The zero-order chi connectivity index (χ0) is 15.9. The minimum absolute atomic E-state index is 0.122. The Hall–Kier alpha value is -2.14. The predicted octanol–water partition coefficient (Wildman–Crippen LogP) is 4.18. The highest BCUT2D eigenvalue weighted by Crippen LogP contribution is 2.19. The third-order valence-electron chi connectivity index (χ3n) is 3.28. The molecule has 0 aromatic heterocycles. The van der Waals surface area contributed by atoms with Crippen molar-refractivity contribution in [1.29, 1.82) is 0 Å². The molecule has 2 amide bonds. The Morgan fingerprint density at radius 1 is 1.14 bits per heavy atom. The zero-order valence-electron chi connectivity index (χ0n) is 13.0. The molecule has 0 saturated heterocycles. The molecule has 0 spiro atoms. The minimum atomic E-state index is -0.290. The molecule has 0 atom stereocenters. The first kappa shape index (κ1) is 16.2. The lowest BCUT2D eigenvalue weighted by Gasteiger charge is -2.11. The van der Waals surface area contributed by atoms with E-state index < -0.39 is 0 Å². The van der Waals surface area contributed by atoms with Crippen LogP contribution in [0.5, 0.6) is 5.75 Å². The number of amides is 2. The smallest absolute Gasteiger partial charge is 0.321 e. The third kappa shape index (κ3) is 4.70. The molecule has 2 aromatic carbocycles. The number of rotatable bonds is 5. The topological polar surface area (TPSA) is 50.4 Å². The molecule has 0 fully saturated rings. The number of aryl methyl sites for hydroxylation is 2. The summed E-state index contributed by atoms with van der Waals surface area (Å²) in [4.78, 5) is 12.9. The molecule has 5 heteroatoms. The Labute approximate surface area is 135 Å². The van der Waals surface area contributed by atoms with Crippen LogP contribution in [0.25, 0.3) is 0 Å². The molecule has 0 unspecified atom stereocenters. The van der Waals surface area contributed by atoms with Gasteiger partial charge in [-0.3, -0.25) is 0 Å². The number of urea groups is 1. The molecule has 116 valence electrons. The maximum atomic E-state index is 11.8. The van der Waals surface area contributed by atoms with Crippen molar-refractivity contribution in [3.8, 4) is 5.75 Å². The lowest BCUT2D eigenvalue weighted by Crippen LogP contribution is -2.32. The fourth-order valence-corrected chi connectivity index (χ4v) is 2.32. The van der Waals surface area contributed by atoms with Crippen LogP contribution in [0.4, 0.5) is 10.5 Å². The number of thioether (sulfide) groups is 1. The summed E-state index contributed by atoms with van der Waals surface area (Å²) in [5, 5.41) is 5.45. The Kier molecular flexibility index (Phi) is 5.72. The number of anilines is 1. The summed E-state index contributed by atoms with van der Waals surface area (Å²) in [5.41, 5.74) is 3.14. The standard InChI is InChI=1S/C17H20N2O2S/c1-12-7-8-15(9-13(12)2)21-11-18-17(20)19-14-5-4-6-16(10-14)22-3/h4-10H,11H2,1-3H3,(H2,18,19,20). The molecule has 0 saturated carbocycles. The van der Waals surface area contributed by atoms with Gasteiger partial charge in [-0.25, -0.2) is 4.79 Å². The molecular formula is C17H20N2O2S. The molecule has 0 aliphatic heterocycles. The Bertz CT molecular complexity index is 659. The maximum absolute atomic E-state index is 11.8. The zero-order valence-corrected chi connectivity index (χ0v) is 13.8. The summed E-state index contributed by atoms with van der Waals surface area (Å²) in [6.07, 6.45) is 2.00. The number of carbonyl (C=O) groups is 1. The number of ether oxygens (including phenoxy) is 1. The molecule has 0 aliphatic carbocycles. The van der Waals surface area contributed by atoms with Crippen molar-refractivity contribution in [3.63, 3.8) is 0 Å². The van der Waals surface area contributed by atoms with E-state index in [0.717, 1.165) is 21.9 Å². The van der Waals surface area contributed by atoms with Gasteiger partial charge in [0.1, 0.15) is 5.75 Å². The van der Waals surface area contributed by atoms with Gasteiger partial charge in [-0.05, 0) is 61.6 Å². The van der Waals surface area contributed by atoms with Gasteiger partial charge in [0, 0.05) is 10.6 Å². The predicted molar refractivity (Wildman–Crippen MR) is 91.8 cm³/mol. The first-order valence-electron chi connectivity index (χ1n) is 6.97. The second-order valence-electron chi connectivity index (χ2n) is 4.90. The monoisotopic (exact) mass is 316 g/mol. The van der Waals surface area contributed by atoms with Crippen molar-refractivity contribution in [3.05, 3.63) is 53.6 Å². The summed E-state index contributed by atoms with van der Waals surface area (Å²) in [6.45, 7) is 4.20. The largest absolute Gasteiger partial charge is 0.473 e. The van der Waals surface area contributed by atoms with Crippen molar-refractivity contribution in [2.24, 2.45) is 0 Å². The van der Waals surface area contributed by atoms with Gasteiger partial charge in [0.2, 0.25) is 0 Å². The van der Waals surface area contributed by atoms with E-state index in [1.807, 2.05) is 62.6 Å². The van der Waals surface area contributed by atoms with Crippen molar-refractivity contribution in [2.45, 2.75) is 18.7 Å². The van der Waals surface area contributed by atoms with Gasteiger partial charge >= 0.3 is 6.03 Å². The summed E-state index contributed by atoms with van der Waals surface area (Å²) >= 11 is 1.63. The minimum Gasteiger partial charge on any atom is -0.473 e. The van der Waals surface area contributed by atoms with Crippen LogP contribution in [0.2, 0.25) is 0 Å². The van der Waals surface area contributed by atoms with E-state index in [1.165, 1.54) is 5.56 Å². The normalized spacial score (nSPS) is 10.1. The van der Waals surface area contributed by atoms with Crippen LogP contribution in [0.15, 0.2) is 47.4 Å². The number of nitrogens with one attached hydrogen (secondary N) is 2. The highest BCUT2D eigenvalue weighted by atomic mass is 32.2. The van der Waals surface area contributed by atoms with E-state index in [4.69, 9.17) is 4.74 Å². The van der Waals surface area contributed by atoms with Crippen LogP contribution in [-0.4, -0.2) is 19.0 Å². The first-order chi connectivity index (χ1) is 10.6. The number of benzene rings is 2. The fraction of sp³-hybridized carbons (Fsp3) is 0.235. The second kappa shape index (κ2) is 7.75. The third-order valence-corrected chi connectivity index (χ3v) is 4.00. The van der Waals surface area contributed by atoms with E-state index >= 15 is 0 Å². The van der Waals surface area contributed by atoms with Gasteiger partial charge in [-0.2, -0.15) is 0 Å². The van der Waals surface area contributed by atoms with E-state index in [0.29, 0.717) is 0 Å². The lowest BCUT2D eigenvalue weighted by molar-refractivity contribution is 0.234. The second-order valence-corrected chi connectivity index (χ2v) is 5.78. The van der Waals surface area contributed by atoms with E-state index in [2.05, 4.69) is 10.6 Å². The molecule has 4 nitrogen and oxygen atoms in total. The highest BCUT2D eigenvalue weighted by molar-refractivity contribution is 7.98. The maximum Gasteiger partial charge on any atom is 0.321 e. The fourth-order valence-electron chi connectivity index (χ4n) is 1.86. The van der Waals surface area contributed by atoms with Gasteiger partial charge in [0.05, 0.1) is 0 Å². The molecule has 2 rings (SSSR count). The van der Waals surface area contributed by atoms with Gasteiger partial charge in [0.25, 0.3) is 0 Å². The quantitative estimate of drug-likeness (QED) is 0.642. The van der Waals surface area contributed by atoms with Crippen LogP contribution >= 0.6 is 11.8 Å². The molecule has 0 aliphatic rings. The lowest BCUT2D eigenvalue weighted by atomic mass is 10.1. The molecule has 0 bridgehead atoms. The van der Waals surface area contributed by atoms with Gasteiger partial charge in [0.15, 0.2) is 6.73 Å². The summed E-state index contributed by atoms with van der Waals surface area (Å²) in [5.74, 6) is 0.743. The van der Waals surface area contributed by atoms with Crippen molar-refractivity contribution in [1.82, 2.24) is 5.32 Å². The van der Waals surface area contributed by atoms with Crippen LogP contribution in [-0.2, 0) is 0 Å². The Balaban J connectivity index is 1.81. The molecule has 0 radical (unpaired) electrons. The summed E-state index contributed by atoms with van der Waals surface area (Å²) < 4.78 is 5.52. The van der Waals surface area contributed by atoms with Crippen LogP contribution in [0, 0.1) is 13.8 Å². The van der Waals surface area contributed by atoms with Crippen LogP contribution < -0.4 is 15.4 Å². The van der Waals surface area contributed by atoms with Gasteiger partial charge in [-0.15, -0.1) is 11.8 Å². The Morgan fingerprint density at radius 3 is 2.68 bits per heavy atom. The molecule has 0 heterocycles. The molecule has 22 heavy (non-hydrogen) atoms. The molecule has 2 aromatic rings. The van der Waals surface area contributed by atoms with E-state index in [1.54, 1.807) is 11.8 Å². The van der Waals surface area contributed by atoms with Crippen molar-refractivity contribution < 1.29 is 9.53 Å². The van der Waals surface area contributed by atoms with E-state index in [-0.39, 0.29) is 12.8 Å². The first-order valence-corrected chi connectivity index (χ1v) is 8.20. The number of hydrogen-bond donors (Lipinski definition) is 2. The average Bonchev–Trinajstić information content (AvgIpc) is 2.51. The number of hydrogen-bond acceptors (Lipinski definition) is 3. The van der Waals surface area contributed by atoms with Gasteiger partial charge in [-0.1, -0.05) is 12.1 Å². The SMILES string of the molecule is CSc1cccc(NC(=O)NCOc2ccc(C)c(C)c2)c1.